The largest absolute Gasteiger partial charge is 0.450 e. The van der Waals surface area contributed by atoms with E-state index in [2.05, 4.69) is 24.9 Å². The number of alkyl carbamates (subject to hydrolysis) is 1. The molecule has 0 bridgehead atoms. The Morgan fingerprint density at radius 1 is 1.40 bits per heavy atom. The molecule has 1 amide bonds. The maximum Gasteiger partial charge on any atom is 0.407 e. The summed E-state index contributed by atoms with van der Waals surface area (Å²) >= 11 is 0. The third kappa shape index (κ3) is 4.72. The molecule has 0 fully saturated rings. The fraction of sp³-hybridized carbons (Fsp3) is 0.471. The van der Waals surface area contributed by atoms with Gasteiger partial charge in [0, 0.05) is 0 Å². The second-order valence-electron chi connectivity index (χ2n) is 5.60. The number of carbonyl (C=O) groups excluding carboxylic acids is 1. The van der Waals surface area contributed by atoms with Gasteiger partial charge < -0.3 is 10.1 Å². The van der Waals surface area contributed by atoms with Crippen LogP contribution >= 0.6 is 0 Å². The second kappa shape index (κ2) is 7.13. The lowest BCUT2D eigenvalue weighted by Crippen LogP contribution is -2.41. The first kappa shape index (κ1) is 16.3. The van der Waals surface area contributed by atoms with E-state index in [4.69, 9.17) is 4.74 Å². The van der Waals surface area contributed by atoms with Crippen molar-refractivity contribution in [1.82, 2.24) is 5.32 Å². The molecule has 0 spiro atoms. The Bertz CT molecular complexity index is 478. The first-order chi connectivity index (χ1) is 9.36. The van der Waals surface area contributed by atoms with E-state index in [9.17, 15) is 4.79 Å². The van der Waals surface area contributed by atoms with Gasteiger partial charge in [0.2, 0.25) is 0 Å². The zero-order valence-corrected chi connectivity index (χ0v) is 13.0. The molecule has 0 aliphatic carbocycles. The minimum Gasteiger partial charge on any atom is -0.450 e. The van der Waals surface area contributed by atoms with Gasteiger partial charge in [-0.2, -0.15) is 0 Å². The summed E-state index contributed by atoms with van der Waals surface area (Å²) in [6.45, 7) is 12.4. The molecule has 3 heteroatoms. The van der Waals surface area contributed by atoms with Gasteiger partial charge in [0.15, 0.2) is 0 Å². The topological polar surface area (TPSA) is 38.3 Å². The maximum atomic E-state index is 11.8. The highest BCUT2D eigenvalue weighted by Gasteiger charge is 2.23. The molecular weight excluding hydrogens is 250 g/mol. The molecule has 20 heavy (non-hydrogen) atoms. The van der Waals surface area contributed by atoms with Gasteiger partial charge in [-0.05, 0) is 44.4 Å². The summed E-state index contributed by atoms with van der Waals surface area (Å²) in [6, 6.07) is 8.04. The number of allylic oxidation sites excluding steroid dienone is 1. The lowest BCUT2D eigenvalue weighted by atomic mass is 9.92. The zero-order valence-electron chi connectivity index (χ0n) is 13.0. The summed E-state index contributed by atoms with van der Waals surface area (Å²) in [5.74, 6) is 0. The van der Waals surface area contributed by atoms with Crippen molar-refractivity contribution in [3.05, 3.63) is 42.0 Å². The Morgan fingerprint density at radius 3 is 2.70 bits per heavy atom. The Kier molecular flexibility index (Phi) is 5.81. The molecule has 0 atom stereocenters. The van der Waals surface area contributed by atoms with E-state index in [0.29, 0.717) is 6.61 Å². The molecule has 0 aromatic heterocycles. The maximum absolute atomic E-state index is 11.8. The average Bonchev–Trinajstić information content (AvgIpc) is 2.38. The second-order valence-corrected chi connectivity index (χ2v) is 5.60. The van der Waals surface area contributed by atoms with Crippen molar-refractivity contribution < 1.29 is 9.53 Å². The van der Waals surface area contributed by atoms with Gasteiger partial charge in [0.1, 0.15) is 0 Å². The van der Waals surface area contributed by atoms with Crippen LogP contribution in [0.1, 0.15) is 51.7 Å². The van der Waals surface area contributed by atoms with Gasteiger partial charge in [-0.25, -0.2) is 4.79 Å². The molecule has 110 valence electrons. The number of nitrogens with one attached hydrogen (secondary N) is 1. The number of unbranched alkanes of at least 4 members (excludes halogenated alkanes) is 1. The molecule has 1 rings (SSSR count). The molecular formula is C17H25NO2. The van der Waals surface area contributed by atoms with Gasteiger partial charge in [-0.1, -0.05) is 43.7 Å². The smallest absolute Gasteiger partial charge is 0.407 e. The molecule has 3 nitrogen and oxygen atoms in total. The molecule has 1 aromatic rings. The SMILES string of the molecule is C=C(C)c1cccc(C(C)(C)NC(=O)OCCCC)c1. The van der Waals surface area contributed by atoms with E-state index in [0.717, 1.165) is 29.5 Å². The summed E-state index contributed by atoms with van der Waals surface area (Å²) in [5.41, 5.74) is 2.64. The van der Waals surface area contributed by atoms with Crippen LogP contribution in [0.5, 0.6) is 0 Å². The van der Waals surface area contributed by atoms with Crippen molar-refractivity contribution in [2.24, 2.45) is 0 Å². The monoisotopic (exact) mass is 275 g/mol. The highest BCUT2D eigenvalue weighted by Crippen LogP contribution is 2.23. The van der Waals surface area contributed by atoms with E-state index in [1.807, 2.05) is 39.0 Å². The lowest BCUT2D eigenvalue weighted by Gasteiger charge is -2.27. The molecule has 0 aliphatic heterocycles. The molecule has 0 saturated heterocycles. The van der Waals surface area contributed by atoms with Gasteiger partial charge >= 0.3 is 6.09 Å². The predicted octanol–water partition coefficient (Wildman–Crippen LogP) is 4.48. The molecule has 0 aliphatic rings. The number of rotatable bonds is 6. The Morgan fingerprint density at radius 2 is 2.10 bits per heavy atom. The number of amides is 1. The van der Waals surface area contributed by atoms with E-state index < -0.39 is 5.54 Å². The Balaban J connectivity index is 2.75. The summed E-state index contributed by atoms with van der Waals surface area (Å²) in [5, 5.41) is 2.91. The zero-order chi connectivity index (χ0) is 15.2. The summed E-state index contributed by atoms with van der Waals surface area (Å²) in [6.07, 6.45) is 1.53. The lowest BCUT2D eigenvalue weighted by molar-refractivity contribution is 0.134. The van der Waals surface area contributed by atoms with Crippen molar-refractivity contribution >= 4 is 11.7 Å². The molecule has 0 unspecified atom stereocenters. The summed E-state index contributed by atoms with van der Waals surface area (Å²) < 4.78 is 5.15. The normalized spacial score (nSPS) is 11.0. The highest BCUT2D eigenvalue weighted by molar-refractivity contribution is 5.69. The number of hydrogen-bond donors (Lipinski definition) is 1. The number of ether oxygens (including phenoxy) is 1. The first-order valence-electron chi connectivity index (χ1n) is 7.08. The van der Waals surface area contributed by atoms with Gasteiger partial charge in [0.25, 0.3) is 0 Å². The van der Waals surface area contributed by atoms with Gasteiger partial charge in [0.05, 0.1) is 12.1 Å². The average molecular weight is 275 g/mol. The fourth-order valence-electron chi connectivity index (χ4n) is 1.85. The number of benzene rings is 1. The minimum atomic E-state index is -0.477. The van der Waals surface area contributed by atoms with Crippen LogP contribution in [0.25, 0.3) is 5.57 Å². The molecule has 1 N–H and O–H groups in total. The van der Waals surface area contributed by atoms with E-state index >= 15 is 0 Å². The molecule has 0 radical (unpaired) electrons. The van der Waals surface area contributed by atoms with Crippen LogP contribution in [0, 0.1) is 0 Å². The molecule has 0 saturated carbocycles. The van der Waals surface area contributed by atoms with Crippen LogP contribution in [0.3, 0.4) is 0 Å². The Labute approximate surface area is 122 Å². The fourth-order valence-corrected chi connectivity index (χ4v) is 1.85. The van der Waals surface area contributed by atoms with Crippen LogP contribution in [-0.4, -0.2) is 12.7 Å². The van der Waals surface area contributed by atoms with Crippen molar-refractivity contribution in [3.8, 4) is 0 Å². The highest BCUT2D eigenvalue weighted by atomic mass is 16.5. The minimum absolute atomic E-state index is 0.371. The predicted molar refractivity (Wildman–Crippen MR) is 83.6 cm³/mol. The van der Waals surface area contributed by atoms with Crippen LogP contribution < -0.4 is 5.32 Å². The van der Waals surface area contributed by atoms with Crippen molar-refractivity contribution in [3.63, 3.8) is 0 Å². The third-order valence-corrected chi connectivity index (χ3v) is 3.22. The van der Waals surface area contributed by atoms with Crippen LogP contribution in [-0.2, 0) is 10.3 Å². The summed E-state index contributed by atoms with van der Waals surface area (Å²) in [4.78, 5) is 11.8. The first-order valence-corrected chi connectivity index (χ1v) is 7.08. The molecule has 0 heterocycles. The van der Waals surface area contributed by atoms with Crippen molar-refractivity contribution in [2.45, 2.75) is 46.1 Å². The quantitative estimate of drug-likeness (QED) is 0.777. The standard InChI is InChI=1S/C17H25NO2/c1-6-7-11-20-16(19)18-17(4,5)15-10-8-9-14(12-15)13(2)3/h8-10,12H,2,6-7,11H2,1,3-5H3,(H,18,19). The van der Waals surface area contributed by atoms with Crippen molar-refractivity contribution in [2.75, 3.05) is 6.61 Å². The Hall–Kier alpha value is -1.77. The van der Waals surface area contributed by atoms with E-state index in [-0.39, 0.29) is 6.09 Å². The van der Waals surface area contributed by atoms with E-state index in [1.165, 1.54) is 0 Å². The summed E-state index contributed by atoms with van der Waals surface area (Å²) in [7, 11) is 0. The van der Waals surface area contributed by atoms with Gasteiger partial charge in [-0.15, -0.1) is 0 Å². The van der Waals surface area contributed by atoms with Gasteiger partial charge in [-0.3, -0.25) is 0 Å². The van der Waals surface area contributed by atoms with Crippen LogP contribution in [0.2, 0.25) is 0 Å². The number of hydrogen-bond acceptors (Lipinski definition) is 2. The number of carbonyl (C=O) groups is 1. The van der Waals surface area contributed by atoms with Crippen LogP contribution in [0.4, 0.5) is 4.79 Å². The van der Waals surface area contributed by atoms with E-state index in [1.54, 1.807) is 0 Å². The molecule has 1 aromatic carbocycles. The van der Waals surface area contributed by atoms with Crippen molar-refractivity contribution in [1.29, 1.82) is 0 Å². The van der Waals surface area contributed by atoms with Crippen LogP contribution in [0.15, 0.2) is 30.8 Å². The third-order valence-electron chi connectivity index (χ3n) is 3.22.